The highest BCUT2D eigenvalue weighted by Crippen LogP contribution is 2.34. The van der Waals surface area contributed by atoms with Crippen molar-refractivity contribution in [1.82, 2.24) is 14.5 Å². The average molecular weight is 434 g/mol. The molecule has 0 saturated heterocycles. The fraction of sp³-hybridized carbons (Fsp3) is 0.217. The average Bonchev–Trinajstić information content (AvgIpc) is 3.12. The van der Waals surface area contributed by atoms with Crippen molar-refractivity contribution >= 4 is 23.8 Å². The number of aromatic nitrogens is 2. The van der Waals surface area contributed by atoms with Crippen molar-refractivity contribution in [3.63, 3.8) is 0 Å². The number of aryl methyl sites for hydroxylation is 1. The van der Waals surface area contributed by atoms with Crippen LogP contribution in [-0.2, 0) is 0 Å². The van der Waals surface area contributed by atoms with Crippen LogP contribution in [0.1, 0.15) is 27.4 Å². The Balaban J connectivity index is 2.26. The van der Waals surface area contributed by atoms with Crippen molar-refractivity contribution in [3.05, 3.63) is 64.9 Å². The van der Waals surface area contributed by atoms with E-state index in [1.54, 1.807) is 30.7 Å². The third kappa shape index (κ3) is 4.44. The van der Waals surface area contributed by atoms with E-state index < -0.39 is 11.7 Å². The summed E-state index contributed by atoms with van der Waals surface area (Å²) in [5.41, 5.74) is 2.61. The predicted octanol–water partition coefficient (Wildman–Crippen LogP) is 3.98. The maximum absolute atomic E-state index is 13.2. The number of benzene rings is 2. The van der Waals surface area contributed by atoms with Gasteiger partial charge in [0.15, 0.2) is 11.5 Å². The van der Waals surface area contributed by atoms with Crippen LogP contribution in [0, 0.1) is 31.0 Å². The first kappa shape index (κ1) is 22.5. The van der Waals surface area contributed by atoms with E-state index in [4.69, 9.17) is 4.74 Å². The molecule has 0 aliphatic rings. The van der Waals surface area contributed by atoms with Crippen LogP contribution in [-0.4, -0.2) is 47.9 Å². The zero-order chi connectivity index (χ0) is 23.4. The Bertz CT molecular complexity index is 1220. The first-order chi connectivity index (χ1) is 15.3. The molecule has 0 radical (unpaired) electrons. The lowest BCUT2D eigenvalue weighted by molar-refractivity contribution is 0.101. The van der Waals surface area contributed by atoms with E-state index in [-0.39, 0.29) is 17.3 Å². The van der Waals surface area contributed by atoms with E-state index in [1.807, 2.05) is 32.0 Å². The van der Waals surface area contributed by atoms with E-state index in [0.29, 0.717) is 17.1 Å². The third-order valence-electron chi connectivity index (χ3n) is 4.70. The standard InChI is InChI=1S/C23H23FN6O2/c1-14-6-11-19(32-5)15(2)20(14)30-21(26-13-29(3)4)18(12-25)28-22(30)23(31)27-17-9-7-16(24)8-10-17/h6-11,13H,1-5H3,(H,27,31)/b26-13+. The summed E-state index contributed by atoms with van der Waals surface area (Å²) in [6.07, 6.45) is 1.53. The highest BCUT2D eigenvalue weighted by molar-refractivity contribution is 6.03. The maximum atomic E-state index is 13.2. The Labute approximate surface area is 185 Å². The lowest BCUT2D eigenvalue weighted by Crippen LogP contribution is -2.19. The van der Waals surface area contributed by atoms with Crippen molar-refractivity contribution in [3.8, 4) is 17.5 Å². The zero-order valence-electron chi connectivity index (χ0n) is 18.5. The number of hydrogen-bond donors (Lipinski definition) is 1. The van der Waals surface area contributed by atoms with E-state index >= 15 is 0 Å². The number of rotatable bonds is 6. The lowest BCUT2D eigenvalue weighted by atomic mass is 10.1. The van der Waals surface area contributed by atoms with Crippen LogP contribution in [0.15, 0.2) is 41.4 Å². The largest absolute Gasteiger partial charge is 0.496 e. The van der Waals surface area contributed by atoms with Crippen LogP contribution in [0.4, 0.5) is 15.9 Å². The summed E-state index contributed by atoms with van der Waals surface area (Å²) in [4.78, 5) is 23.6. The number of imidazole rings is 1. The van der Waals surface area contributed by atoms with E-state index in [1.165, 1.54) is 30.6 Å². The summed E-state index contributed by atoms with van der Waals surface area (Å²) in [6.45, 7) is 3.74. The van der Waals surface area contributed by atoms with Gasteiger partial charge in [-0.3, -0.25) is 9.36 Å². The van der Waals surface area contributed by atoms with E-state index in [9.17, 15) is 14.4 Å². The smallest absolute Gasteiger partial charge is 0.292 e. The van der Waals surface area contributed by atoms with E-state index in [0.717, 1.165) is 11.1 Å². The van der Waals surface area contributed by atoms with Gasteiger partial charge in [0.2, 0.25) is 5.82 Å². The van der Waals surface area contributed by atoms with Crippen LogP contribution >= 0.6 is 0 Å². The summed E-state index contributed by atoms with van der Waals surface area (Å²) in [7, 11) is 5.14. The summed E-state index contributed by atoms with van der Waals surface area (Å²) < 4.78 is 20.3. The zero-order valence-corrected chi connectivity index (χ0v) is 18.5. The van der Waals surface area contributed by atoms with Crippen molar-refractivity contribution < 1.29 is 13.9 Å². The quantitative estimate of drug-likeness (QED) is 0.468. The summed E-state index contributed by atoms with van der Waals surface area (Å²) in [6, 6.07) is 11.1. The molecule has 0 atom stereocenters. The minimum absolute atomic E-state index is 0.00558. The number of methoxy groups -OCH3 is 1. The Morgan fingerprint density at radius 3 is 2.53 bits per heavy atom. The van der Waals surface area contributed by atoms with Gasteiger partial charge in [0.1, 0.15) is 17.6 Å². The molecule has 9 heteroatoms. The van der Waals surface area contributed by atoms with Crippen molar-refractivity contribution in [2.24, 2.45) is 4.99 Å². The molecule has 1 heterocycles. The lowest BCUT2D eigenvalue weighted by Gasteiger charge is -2.17. The Kier molecular flexibility index (Phi) is 6.54. The number of halogens is 1. The molecule has 0 saturated carbocycles. The monoisotopic (exact) mass is 434 g/mol. The number of carbonyl (C=O) groups is 1. The number of nitrogens with zero attached hydrogens (tertiary/aromatic N) is 5. The molecule has 8 nitrogen and oxygen atoms in total. The topological polar surface area (TPSA) is 95.5 Å². The molecular weight excluding hydrogens is 411 g/mol. The molecule has 164 valence electrons. The van der Waals surface area contributed by atoms with Gasteiger partial charge in [-0.05, 0) is 49.7 Å². The number of anilines is 1. The van der Waals surface area contributed by atoms with Crippen LogP contribution in [0.2, 0.25) is 0 Å². The van der Waals surface area contributed by atoms with Gasteiger partial charge in [-0.2, -0.15) is 5.26 Å². The van der Waals surface area contributed by atoms with Gasteiger partial charge in [0, 0.05) is 25.3 Å². The molecule has 1 N–H and O–H groups in total. The van der Waals surface area contributed by atoms with Crippen LogP contribution in [0.5, 0.6) is 5.75 Å². The van der Waals surface area contributed by atoms with Crippen LogP contribution in [0.25, 0.3) is 5.69 Å². The number of hydrogen-bond acceptors (Lipinski definition) is 5. The van der Waals surface area contributed by atoms with Gasteiger partial charge in [0.25, 0.3) is 5.91 Å². The van der Waals surface area contributed by atoms with E-state index in [2.05, 4.69) is 15.3 Å². The van der Waals surface area contributed by atoms with Gasteiger partial charge < -0.3 is 15.0 Å². The fourth-order valence-corrected chi connectivity index (χ4v) is 3.24. The highest BCUT2D eigenvalue weighted by Gasteiger charge is 2.26. The van der Waals surface area contributed by atoms with Crippen molar-refractivity contribution in [2.75, 3.05) is 26.5 Å². The SMILES string of the molecule is COc1ccc(C)c(-n2c(C(=O)Nc3ccc(F)cc3)nc(C#N)c2/N=C/N(C)C)c1C. The number of aliphatic imine (C=N–C) groups is 1. The molecule has 3 aromatic rings. The minimum atomic E-state index is -0.568. The third-order valence-corrected chi connectivity index (χ3v) is 4.70. The number of nitriles is 1. The number of carbonyl (C=O) groups excluding carboxylic acids is 1. The Hall–Kier alpha value is -4.19. The molecule has 1 amide bonds. The molecule has 1 aromatic heterocycles. The van der Waals surface area contributed by atoms with Gasteiger partial charge in [-0.25, -0.2) is 14.4 Å². The normalized spacial score (nSPS) is 10.8. The first-order valence-corrected chi connectivity index (χ1v) is 9.71. The molecule has 3 rings (SSSR count). The molecule has 0 bridgehead atoms. The van der Waals surface area contributed by atoms with Gasteiger partial charge in [-0.15, -0.1) is 0 Å². The summed E-state index contributed by atoms with van der Waals surface area (Å²) in [5.74, 6) is -0.188. The highest BCUT2D eigenvalue weighted by atomic mass is 19.1. The number of ether oxygens (including phenoxy) is 1. The fourth-order valence-electron chi connectivity index (χ4n) is 3.24. The second-order valence-corrected chi connectivity index (χ2v) is 7.28. The van der Waals surface area contributed by atoms with Crippen molar-refractivity contribution in [1.29, 1.82) is 5.26 Å². The molecule has 0 aliphatic carbocycles. The molecule has 0 aliphatic heterocycles. The second-order valence-electron chi connectivity index (χ2n) is 7.28. The molecule has 2 aromatic carbocycles. The van der Waals surface area contributed by atoms with Crippen molar-refractivity contribution in [2.45, 2.75) is 13.8 Å². The second kappa shape index (κ2) is 9.31. The maximum Gasteiger partial charge on any atom is 0.292 e. The molecule has 32 heavy (non-hydrogen) atoms. The minimum Gasteiger partial charge on any atom is -0.496 e. The Morgan fingerprint density at radius 2 is 1.94 bits per heavy atom. The summed E-state index contributed by atoms with van der Waals surface area (Å²) in [5, 5.41) is 12.4. The molecule has 0 fully saturated rings. The van der Waals surface area contributed by atoms with Crippen LogP contribution in [0.3, 0.4) is 0 Å². The Morgan fingerprint density at radius 1 is 1.25 bits per heavy atom. The number of nitrogens with one attached hydrogen (secondary N) is 1. The first-order valence-electron chi connectivity index (χ1n) is 9.71. The molecule has 0 unspecified atom stereocenters. The summed E-state index contributed by atoms with van der Waals surface area (Å²) >= 11 is 0. The van der Waals surface area contributed by atoms with Gasteiger partial charge in [-0.1, -0.05) is 6.07 Å². The van der Waals surface area contributed by atoms with Crippen LogP contribution < -0.4 is 10.1 Å². The van der Waals surface area contributed by atoms with Gasteiger partial charge >= 0.3 is 0 Å². The number of amides is 1. The molecule has 0 spiro atoms. The predicted molar refractivity (Wildman–Crippen MR) is 120 cm³/mol. The molecular formula is C23H23FN6O2. The van der Waals surface area contributed by atoms with Gasteiger partial charge in [0.05, 0.1) is 19.1 Å².